The van der Waals surface area contributed by atoms with Crippen LogP contribution >= 0.6 is 11.6 Å². The Morgan fingerprint density at radius 1 is 0.780 bits per heavy atom. The van der Waals surface area contributed by atoms with Gasteiger partial charge in [-0.3, -0.25) is 39.1 Å². The molecular weight excluding hydrogens is 768 g/mol. The molecule has 3 aromatic carbocycles. The number of carbonyl (C=O) groups excluding carboxylic acids is 5. The van der Waals surface area contributed by atoms with Gasteiger partial charge in [0.2, 0.25) is 11.8 Å². The number of piperazine rings is 1. The highest BCUT2D eigenvalue weighted by Gasteiger charge is 2.46. The largest absolute Gasteiger partial charge is 0.371 e. The molecule has 306 valence electrons. The lowest BCUT2D eigenvalue weighted by Crippen LogP contribution is -2.54. The van der Waals surface area contributed by atoms with Crippen molar-refractivity contribution in [3.8, 4) is 6.07 Å². The lowest BCUT2D eigenvalue weighted by Gasteiger charge is -2.40. The van der Waals surface area contributed by atoms with Gasteiger partial charge in [-0.05, 0) is 104 Å². The van der Waals surface area contributed by atoms with E-state index in [2.05, 4.69) is 43.1 Å². The molecule has 13 nitrogen and oxygen atoms in total. The van der Waals surface area contributed by atoms with E-state index in [1.54, 1.807) is 18.2 Å². The minimum Gasteiger partial charge on any atom is -0.371 e. The van der Waals surface area contributed by atoms with Gasteiger partial charge in [-0.1, -0.05) is 17.7 Å². The van der Waals surface area contributed by atoms with Crippen molar-refractivity contribution in [2.75, 3.05) is 86.7 Å². The molecule has 59 heavy (non-hydrogen) atoms. The first-order valence-corrected chi connectivity index (χ1v) is 21.4. The van der Waals surface area contributed by atoms with E-state index in [0.717, 1.165) is 132 Å². The van der Waals surface area contributed by atoms with Gasteiger partial charge in [-0.15, -0.1) is 0 Å². The maximum Gasteiger partial charge on any atom is 0.264 e. The van der Waals surface area contributed by atoms with Gasteiger partial charge in [0.05, 0.1) is 27.4 Å². The van der Waals surface area contributed by atoms with Crippen molar-refractivity contribution in [3.05, 3.63) is 87.9 Å². The topological polar surface area (TPSA) is 141 Å². The molecule has 1 N–H and O–H groups in total. The van der Waals surface area contributed by atoms with Crippen molar-refractivity contribution in [3.63, 3.8) is 0 Å². The zero-order chi connectivity index (χ0) is 40.8. The standard InChI is InChI=1S/C45H49ClN8O5/c46-36-26-34(9-6-32(36)27-47)50-19-14-45(15-20-50)16-21-53(29-45)42(57)31-4-7-33(8-5-31)51-24-22-49(23-25-51)28-30-12-17-52(18-13-30)37-3-1-2-35-40(37)44(59)54(43(35)58)38-10-11-39(55)48-41(38)56/h1-9,26,30,38H,10-25,28-29H2,(H,48,55,56). The van der Waals surface area contributed by atoms with Gasteiger partial charge in [0.25, 0.3) is 17.7 Å². The summed E-state index contributed by atoms with van der Waals surface area (Å²) in [6.45, 7) is 9.72. The number of nitrogens with one attached hydrogen (secondary N) is 1. The Morgan fingerprint density at radius 2 is 1.47 bits per heavy atom. The molecule has 6 aliphatic heterocycles. The van der Waals surface area contributed by atoms with Crippen molar-refractivity contribution >= 4 is 58.2 Å². The van der Waals surface area contributed by atoms with Gasteiger partial charge in [-0.25, -0.2) is 0 Å². The Balaban J connectivity index is 0.728. The molecule has 5 amide bonds. The molecule has 5 fully saturated rings. The SMILES string of the molecule is N#Cc1ccc(N2CCC3(CCN(C(=O)c4ccc(N5CCN(CC6CCN(c7cccc8c7C(=O)N(C7CCC(=O)NC7=O)C8=O)CC6)CC5)cc4)C3)CC2)cc1Cl. The Bertz CT molecular complexity index is 2220. The second-order valence-electron chi connectivity index (χ2n) is 17.2. The number of carbonyl (C=O) groups is 5. The van der Waals surface area contributed by atoms with E-state index in [9.17, 15) is 29.2 Å². The smallest absolute Gasteiger partial charge is 0.264 e. The van der Waals surface area contributed by atoms with Crippen LogP contribution in [0.25, 0.3) is 0 Å². The molecule has 5 saturated heterocycles. The number of hydrogen-bond acceptors (Lipinski definition) is 10. The number of fused-ring (bicyclic) bond motifs is 1. The molecule has 0 aliphatic carbocycles. The summed E-state index contributed by atoms with van der Waals surface area (Å²) in [5.74, 6) is -1.29. The van der Waals surface area contributed by atoms with Crippen molar-refractivity contribution in [2.45, 2.75) is 51.0 Å². The molecule has 1 atom stereocenters. The first-order chi connectivity index (χ1) is 28.6. The fourth-order valence-electron chi connectivity index (χ4n) is 10.2. The molecule has 1 unspecified atom stereocenters. The van der Waals surface area contributed by atoms with Crippen LogP contribution in [0.5, 0.6) is 0 Å². The molecule has 0 aromatic heterocycles. The van der Waals surface area contributed by atoms with Crippen LogP contribution in [0.2, 0.25) is 5.02 Å². The summed E-state index contributed by atoms with van der Waals surface area (Å²) in [4.78, 5) is 77.5. The number of likely N-dealkylation sites (tertiary alicyclic amines) is 1. The lowest BCUT2D eigenvalue weighted by molar-refractivity contribution is -0.136. The summed E-state index contributed by atoms with van der Waals surface area (Å²) in [7, 11) is 0. The van der Waals surface area contributed by atoms with E-state index in [-0.39, 0.29) is 30.1 Å². The number of anilines is 3. The lowest BCUT2D eigenvalue weighted by atomic mass is 9.77. The molecule has 3 aromatic rings. The van der Waals surface area contributed by atoms with Gasteiger partial charge in [0.15, 0.2) is 0 Å². The molecular formula is C45H49ClN8O5. The summed E-state index contributed by atoms with van der Waals surface area (Å²) in [5, 5.41) is 12.0. The zero-order valence-electron chi connectivity index (χ0n) is 33.2. The average Bonchev–Trinajstić information content (AvgIpc) is 3.78. The third-order valence-electron chi connectivity index (χ3n) is 13.8. The van der Waals surface area contributed by atoms with E-state index in [0.29, 0.717) is 27.6 Å². The quantitative estimate of drug-likeness (QED) is 0.332. The summed E-state index contributed by atoms with van der Waals surface area (Å²) in [6.07, 6.45) is 5.25. The molecule has 0 saturated carbocycles. The first-order valence-electron chi connectivity index (χ1n) is 21.0. The number of benzene rings is 3. The van der Waals surface area contributed by atoms with Crippen LogP contribution in [0.1, 0.15) is 81.6 Å². The average molecular weight is 817 g/mol. The Morgan fingerprint density at radius 3 is 2.17 bits per heavy atom. The molecule has 1 spiro atoms. The van der Waals surface area contributed by atoms with E-state index in [1.807, 2.05) is 35.2 Å². The Hall–Kier alpha value is -5.45. The van der Waals surface area contributed by atoms with Crippen LogP contribution in [0.15, 0.2) is 60.7 Å². The first kappa shape index (κ1) is 39.0. The number of imide groups is 2. The number of hydrogen-bond donors (Lipinski definition) is 1. The molecule has 6 heterocycles. The van der Waals surface area contributed by atoms with Gasteiger partial charge in [0, 0.05) is 95.4 Å². The number of nitriles is 1. The van der Waals surface area contributed by atoms with Crippen molar-refractivity contribution in [2.24, 2.45) is 11.3 Å². The van der Waals surface area contributed by atoms with Crippen LogP contribution in [0, 0.1) is 22.7 Å². The minimum absolute atomic E-state index is 0.0942. The van der Waals surface area contributed by atoms with Crippen LogP contribution in [-0.2, 0) is 9.59 Å². The summed E-state index contributed by atoms with van der Waals surface area (Å²) in [6, 6.07) is 20.3. The highest BCUT2D eigenvalue weighted by Crippen LogP contribution is 2.42. The maximum atomic E-state index is 13.6. The van der Waals surface area contributed by atoms with Crippen LogP contribution in [0.4, 0.5) is 17.1 Å². The van der Waals surface area contributed by atoms with Crippen molar-refractivity contribution < 1.29 is 24.0 Å². The number of amides is 5. The van der Waals surface area contributed by atoms with Gasteiger partial charge < -0.3 is 19.6 Å². The normalized spacial score (nSPS) is 22.6. The number of nitrogens with zero attached hydrogens (tertiary/aromatic N) is 7. The van der Waals surface area contributed by atoms with Crippen molar-refractivity contribution in [1.29, 1.82) is 5.26 Å². The molecule has 14 heteroatoms. The summed E-state index contributed by atoms with van der Waals surface area (Å²) in [5.41, 5.74) is 4.98. The molecule has 0 radical (unpaired) electrons. The second kappa shape index (κ2) is 16.0. The number of piperidine rings is 3. The highest BCUT2D eigenvalue weighted by molar-refractivity contribution is 6.32. The zero-order valence-corrected chi connectivity index (χ0v) is 34.0. The fourth-order valence-corrected chi connectivity index (χ4v) is 10.4. The van der Waals surface area contributed by atoms with E-state index < -0.39 is 23.8 Å². The highest BCUT2D eigenvalue weighted by atomic mass is 35.5. The number of halogens is 1. The minimum atomic E-state index is -0.976. The van der Waals surface area contributed by atoms with Gasteiger partial charge in [0.1, 0.15) is 12.1 Å². The second-order valence-corrected chi connectivity index (χ2v) is 17.6. The summed E-state index contributed by atoms with van der Waals surface area (Å²) < 4.78 is 0. The molecule has 9 rings (SSSR count). The van der Waals surface area contributed by atoms with Gasteiger partial charge in [-0.2, -0.15) is 5.26 Å². The van der Waals surface area contributed by atoms with E-state index >= 15 is 0 Å². The third kappa shape index (κ3) is 7.53. The van der Waals surface area contributed by atoms with E-state index in [1.165, 1.54) is 0 Å². The number of rotatable bonds is 7. The monoisotopic (exact) mass is 816 g/mol. The molecule has 6 aliphatic rings. The predicted octanol–water partition coefficient (Wildman–Crippen LogP) is 4.78. The fraction of sp³-hybridized carbons (Fsp3) is 0.467. The van der Waals surface area contributed by atoms with Crippen molar-refractivity contribution in [1.82, 2.24) is 20.0 Å². The maximum absolute atomic E-state index is 13.6. The Kier molecular flexibility index (Phi) is 10.6. The third-order valence-corrected chi connectivity index (χ3v) is 14.1. The van der Waals surface area contributed by atoms with E-state index in [4.69, 9.17) is 11.6 Å². The summed E-state index contributed by atoms with van der Waals surface area (Å²) >= 11 is 6.31. The Labute approximate surface area is 349 Å². The van der Waals surface area contributed by atoms with Crippen LogP contribution < -0.4 is 20.0 Å². The predicted molar refractivity (Wildman–Crippen MR) is 224 cm³/mol. The van der Waals surface area contributed by atoms with Crippen LogP contribution in [-0.4, -0.2) is 122 Å². The van der Waals surface area contributed by atoms with Gasteiger partial charge >= 0.3 is 0 Å². The molecule has 0 bridgehead atoms. The van der Waals surface area contributed by atoms with Crippen LogP contribution in [0.3, 0.4) is 0 Å².